The lowest BCUT2D eigenvalue weighted by atomic mass is 10.2. The van der Waals surface area contributed by atoms with Crippen LogP contribution in [-0.4, -0.2) is 34.7 Å². The molecule has 1 saturated heterocycles. The highest BCUT2D eigenvalue weighted by molar-refractivity contribution is 14.0. The molecule has 0 N–H and O–H groups in total. The molecule has 1 unspecified atom stereocenters. The molecule has 2 aromatic rings. The minimum atomic E-state index is -0.283. The first-order valence-corrected chi connectivity index (χ1v) is 7.15. The van der Waals surface area contributed by atoms with Crippen LogP contribution in [0.3, 0.4) is 0 Å². The second kappa shape index (κ2) is 7.87. The first-order chi connectivity index (χ1) is 10.2. The molecule has 1 aromatic heterocycles. The lowest BCUT2D eigenvalue weighted by Gasteiger charge is -2.21. The quantitative estimate of drug-likeness (QED) is 0.696. The van der Waals surface area contributed by atoms with E-state index < -0.39 is 0 Å². The van der Waals surface area contributed by atoms with E-state index in [1.165, 1.54) is 12.1 Å². The predicted molar refractivity (Wildman–Crippen MR) is 89.9 cm³/mol. The van der Waals surface area contributed by atoms with Crippen LogP contribution in [-0.2, 0) is 0 Å². The number of halogens is 2. The molecule has 5 nitrogen and oxygen atoms in total. The smallest absolute Gasteiger partial charge is 0.223 e. The van der Waals surface area contributed by atoms with Crippen LogP contribution in [0.15, 0.2) is 28.8 Å². The minimum absolute atomic E-state index is 0. The summed E-state index contributed by atoms with van der Waals surface area (Å²) in [6.45, 7) is 4.05. The Morgan fingerprint density at radius 1 is 1.45 bits per heavy atom. The van der Waals surface area contributed by atoms with Crippen LogP contribution in [0.4, 0.5) is 4.39 Å². The molecule has 0 amide bonds. The van der Waals surface area contributed by atoms with Crippen molar-refractivity contribution >= 4 is 24.0 Å². The zero-order valence-electron chi connectivity index (χ0n) is 12.4. The summed E-state index contributed by atoms with van der Waals surface area (Å²) in [5, 5.41) is 4.01. The van der Waals surface area contributed by atoms with E-state index in [1.807, 2.05) is 0 Å². The molecule has 2 heterocycles. The normalized spacial score (nSPS) is 18.2. The highest BCUT2D eigenvalue weighted by Gasteiger charge is 2.29. The van der Waals surface area contributed by atoms with Crippen molar-refractivity contribution in [3.8, 4) is 5.75 Å². The summed E-state index contributed by atoms with van der Waals surface area (Å²) in [6, 6.07) is 6.39. The summed E-state index contributed by atoms with van der Waals surface area (Å²) in [5.74, 6) is 1.61. The van der Waals surface area contributed by atoms with Crippen LogP contribution >= 0.6 is 24.0 Å². The molecule has 0 aliphatic carbocycles. The molecule has 0 spiro atoms. The molecule has 1 aliphatic heterocycles. The van der Waals surface area contributed by atoms with Crippen molar-refractivity contribution in [2.75, 3.05) is 19.7 Å². The van der Waals surface area contributed by atoms with Gasteiger partial charge in [-0.15, -0.1) is 24.0 Å². The molecule has 7 heteroatoms. The molecule has 0 radical (unpaired) electrons. The molecule has 1 aliphatic rings. The Hall–Kier alpha value is -1.22. The third kappa shape index (κ3) is 4.16. The molecule has 0 saturated carbocycles. The summed E-state index contributed by atoms with van der Waals surface area (Å²) in [4.78, 5) is 6.59. The maximum atomic E-state index is 13.1. The van der Waals surface area contributed by atoms with Gasteiger partial charge in [0.25, 0.3) is 0 Å². The standard InChI is InChI=1S/C15H18FN3O2.HI/c1-11-17-15(18-21-11)14-6-3-7-19(14)8-9-20-13-5-2-4-12(16)10-13;/h2,4-5,10,14H,3,6-9H2,1H3;1H. The van der Waals surface area contributed by atoms with Crippen molar-refractivity contribution in [3.63, 3.8) is 0 Å². The van der Waals surface area contributed by atoms with Gasteiger partial charge in [-0.25, -0.2) is 4.39 Å². The number of benzene rings is 1. The van der Waals surface area contributed by atoms with Crippen molar-refractivity contribution in [1.82, 2.24) is 15.0 Å². The van der Waals surface area contributed by atoms with Crippen LogP contribution in [0, 0.1) is 12.7 Å². The van der Waals surface area contributed by atoms with Gasteiger partial charge in [0.05, 0.1) is 6.04 Å². The number of aryl methyl sites for hydroxylation is 1. The Bertz CT molecular complexity index is 608. The fourth-order valence-electron chi connectivity index (χ4n) is 2.67. The van der Waals surface area contributed by atoms with Crippen molar-refractivity contribution in [2.24, 2.45) is 0 Å². The van der Waals surface area contributed by atoms with Crippen molar-refractivity contribution < 1.29 is 13.7 Å². The monoisotopic (exact) mass is 419 g/mol. The molecule has 120 valence electrons. The van der Waals surface area contributed by atoms with Gasteiger partial charge in [0.15, 0.2) is 5.82 Å². The van der Waals surface area contributed by atoms with E-state index in [0.29, 0.717) is 18.2 Å². The Morgan fingerprint density at radius 2 is 2.32 bits per heavy atom. The molecule has 3 rings (SSSR count). The minimum Gasteiger partial charge on any atom is -0.492 e. The van der Waals surface area contributed by atoms with Gasteiger partial charge >= 0.3 is 0 Å². The molecule has 22 heavy (non-hydrogen) atoms. The summed E-state index contributed by atoms with van der Waals surface area (Å²) in [6.07, 6.45) is 2.14. The Labute approximate surface area is 145 Å². The largest absolute Gasteiger partial charge is 0.492 e. The first-order valence-electron chi connectivity index (χ1n) is 7.15. The molecular weight excluding hydrogens is 400 g/mol. The average Bonchev–Trinajstić information content (AvgIpc) is 3.07. The van der Waals surface area contributed by atoms with Gasteiger partial charge in [0, 0.05) is 19.5 Å². The molecule has 1 atom stereocenters. The molecule has 0 bridgehead atoms. The molecule has 1 fully saturated rings. The predicted octanol–water partition coefficient (Wildman–Crippen LogP) is 3.35. The van der Waals surface area contributed by atoms with E-state index >= 15 is 0 Å². The van der Waals surface area contributed by atoms with Gasteiger partial charge in [-0.05, 0) is 31.5 Å². The number of hydrogen-bond donors (Lipinski definition) is 0. The highest BCUT2D eigenvalue weighted by Crippen LogP contribution is 2.29. The lowest BCUT2D eigenvalue weighted by molar-refractivity contribution is 0.190. The Morgan fingerprint density at radius 3 is 3.05 bits per heavy atom. The summed E-state index contributed by atoms with van der Waals surface area (Å²) in [7, 11) is 0. The van der Waals surface area contributed by atoms with E-state index in [1.54, 1.807) is 19.1 Å². The van der Waals surface area contributed by atoms with Crippen LogP contribution in [0.2, 0.25) is 0 Å². The van der Waals surface area contributed by atoms with Crippen LogP contribution in [0.5, 0.6) is 5.75 Å². The number of aromatic nitrogens is 2. The highest BCUT2D eigenvalue weighted by atomic mass is 127. The Balaban J connectivity index is 0.00000176. The molecular formula is C15H19FIN3O2. The van der Waals surface area contributed by atoms with E-state index in [9.17, 15) is 4.39 Å². The number of rotatable bonds is 5. The first kappa shape index (κ1) is 17.1. The fourth-order valence-corrected chi connectivity index (χ4v) is 2.67. The van der Waals surface area contributed by atoms with Gasteiger partial charge in [-0.3, -0.25) is 4.90 Å². The van der Waals surface area contributed by atoms with Gasteiger partial charge < -0.3 is 9.26 Å². The van der Waals surface area contributed by atoms with Gasteiger partial charge in [0.2, 0.25) is 5.89 Å². The van der Waals surface area contributed by atoms with Gasteiger partial charge in [0.1, 0.15) is 18.2 Å². The van der Waals surface area contributed by atoms with E-state index in [4.69, 9.17) is 9.26 Å². The number of hydrogen-bond acceptors (Lipinski definition) is 5. The third-order valence-corrected chi connectivity index (χ3v) is 3.65. The fraction of sp³-hybridized carbons (Fsp3) is 0.467. The summed E-state index contributed by atoms with van der Waals surface area (Å²) in [5.41, 5.74) is 0. The van der Waals surface area contributed by atoms with Crippen molar-refractivity contribution in [1.29, 1.82) is 0 Å². The second-order valence-corrected chi connectivity index (χ2v) is 5.17. The average molecular weight is 419 g/mol. The summed E-state index contributed by atoms with van der Waals surface area (Å²) >= 11 is 0. The third-order valence-electron chi connectivity index (χ3n) is 3.65. The second-order valence-electron chi connectivity index (χ2n) is 5.17. The van der Waals surface area contributed by atoms with E-state index in [2.05, 4.69) is 15.0 Å². The van der Waals surface area contributed by atoms with E-state index in [-0.39, 0.29) is 35.8 Å². The van der Waals surface area contributed by atoms with Crippen LogP contribution in [0.25, 0.3) is 0 Å². The topological polar surface area (TPSA) is 51.4 Å². The van der Waals surface area contributed by atoms with Crippen LogP contribution in [0.1, 0.15) is 30.6 Å². The van der Waals surface area contributed by atoms with E-state index in [0.717, 1.165) is 31.8 Å². The van der Waals surface area contributed by atoms with Gasteiger partial charge in [-0.1, -0.05) is 11.2 Å². The maximum absolute atomic E-state index is 13.1. The zero-order valence-corrected chi connectivity index (χ0v) is 14.7. The summed E-state index contributed by atoms with van der Waals surface area (Å²) < 4.78 is 23.7. The number of nitrogens with zero attached hydrogens (tertiary/aromatic N) is 3. The number of ether oxygens (including phenoxy) is 1. The molecule has 1 aromatic carbocycles. The SMILES string of the molecule is Cc1nc(C2CCCN2CCOc2cccc(F)c2)no1.I. The van der Waals surface area contributed by atoms with Crippen molar-refractivity contribution in [3.05, 3.63) is 41.8 Å². The van der Waals surface area contributed by atoms with Crippen LogP contribution < -0.4 is 4.74 Å². The Kier molecular flexibility index (Phi) is 6.13. The lowest BCUT2D eigenvalue weighted by Crippen LogP contribution is -2.28. The van der Waals surface area contributed by atoms with Gasteiger partial charge in [-0.2, -0.15) is 4.98 Å². The maximum Gasteiger partial charge on any atom is 0.223 e. The van der Waals surface area contributed by atoms with Crippen molar-refractivity contribution in [2.45, 2.75) is 25.8 Å². The zero-order chi connectivity index (χ0) is 14.7. The number of likely N-dealkylation sites (tertiary alicyclic amines) is 1.